The second-order valence-electron chi connectivity index (χ2n) is 4.55. The van der Waals surface area contributed by atoms with Gasteiger partial charge < -0.3 is 15.4 Å². The molecule has 6 nitrogen and oxygen atoms in total. The molecule has 2 fully saturated rings. The van der Waals surface area contributed by atoms with Crippen molar-refractivity contribution in [3.63, 3.8) is 0 Å². The van der Waals surface area contributed by atoms with Gasteiger partial charge in [0.15, 0.2) is 5.60 Å². The van der Waals surface area contributed by atoms with Gasteiger partial charge >= 0.3 is 6.09 Å². The van der Waals surface area contributed by atoms with Crippen LogP contribution in [0.4, 0.5) is 13.6 Å². The monoisotopic (exact) mass is 259 g/mol. The molecule has 0 aromatic carbocycles. The Morgan fingerprint density at radius 2 is 2.06 bits per heavy atom. The van der Waals surface area contributed by atoms with Crippen LogP contribution < -0.4 is 5.73 Å². The number of alkyl halides is 2. The lowest BCUT2D eigenvalue weighted by Crippen LogP contribution is -2.46. The molecule has 1 aliphatic heterocycles. The molecule has 0 spiro atoms. The van der Waals surface area contributed by atoms with E-state index >= 15 is 0 Å². The number of rotatable bonds is 2. The van der Waals surface area contributed by atoms with E-state index in [0.29, 0.717) is 0 Å². The Labute approximate surface area is 101 Å². The summed E-state index contributed by atoms with van der Waals surface area (Å²) in [6, 6.07) is 0.464. The summed E-state index contributed by atoms with van der Waals surface area (Å²) in [6.07, 6.45) is -1.33. The molecule has 1 aliphatic carbocycles. The topological polar surface area (TPSA) is 96.4 Å². The highest BCUT2D eigenvalue weighted by molar-refractivity contribution is 5.91. The van der Waals surface area contributed by atoms with E-state index in [4.69, 9.17) is 11.0 Å². The lowest BCUT2D eigenvalue weighted by molar-refractivity contribution is -0.143. The number of nitriles is 1. The fourth-order valence-electron chi connectivity index (χ4n) is 2.07. The zero-order chi connectivity index (χ0) is 13.6. The van der Waals surface area contributed by atoms with Gasteiger partial charge in [-0.05, 0) is 0 Å². The molecule has 2 amide bonds. The SMILES string of the molecule is N#C[C@@H]1CC(F)(F)CN1C(=O)C1(OC(N)=O)CC1. The van der Waals surface area contributed by atoms with Crippen LogP contribution in [-0.2, 0) is 9.53 Å². The third-order valence-electron chi connectivity index (χ3n) is 3.07. The Morgan fingerprint density at radius 1 is 1.44 bits per heavy atom. The van der Waals surface area contributed by atoms with Crippen molar-refractivity contribution in [3.8, 4) is 6.07 Å². The number of nitrogens with zero attached hydrogens (tertiary/aromatic N) is 2. The van der Waals surface area contributed by atoms with Crippen LogP contribution in [0.25, 0.3) is 0 Å². The molecule has 0 aromatic heterocycles. The van der Waals surface area contributed by atoms with Gasteiger partial charge in [-0.2, -0.15) is 5.26 Å². The van der Waals surface area contributed by atoms with E-state index in [9.17, 15) is 18.4 Å². The number of ether oxygens (including phenoxy) is 1. The molecular weight excluding hydrogens is 248 g/mol. The fraction of sp³-hybridized carbons (Fsp3) is 0.700. The van der Waals surface area contributed by atoms with E-state index < -0.39 is 42.5 Å². The molecule has 2 rings (SSSR count). The molecule has 0 unspecified atom stereocenters. The highest BCUT2D eigenvalue weighted by Crippen LogP contribution is 2.44. The van der Waals surface area contributed by atoms with Crippen LogP contribution in [-0.4, -0.2) is 41.0 Å². The van der Waals surface area contributed by atoms with Crippen molar-refractivity contribution < 1.29 is 23.1 Å². The first-order valence-corrected chi connectivity index (χ1v) is 5.37. The van der Waals surface area contributed by atoms with Crippen molar-refractivity contribution in [2.45, 2.75) is 36.8 Å². The third-order valence-corrected chi connectivity index (χ3v) is 3.07. The average molecular weight is 259 g/mol. The Balaban J connectivity index is 2.15. The van der Waals surface area contributed by atoms with Crippen LogP contribution >= 0.6 is 0 Å². The van der Waals surface area contributed by atoms with Gasteiger partial charge in [0.25, 0.3) is 11.8 Å². The minimum atomic E-state index is -3.08. The summed E-state index contributed by atoms with van der Waals surface area (Å²) >= 11 is 0. The van der Waals surface area contributed by atoms with Crippen LogP contribution in [0.3, 0.4) is 0 Å². The van der Waals surface area contributed by atoms with Crippen LogP contribution in [0.2, 0.25) is 0 Å². The van der Waals surface area contributed by atoms with Gasteiger partial charge in [0.2, 0.25) is 0 Å². The maximum atomic E-state index is 13.2. The summed E-state index contributed by atoms with van der Waals surface area (Å²) in [6.45, 7) is -0.825. The normalized spacial score (nSPS) is 27.4. The van der Waals surface area contributed by atoms with Crippen molar-refractivity contribution in [2.24, 2.45) is 5.73 Å². The zero-order valence-electron chi connectivity index (χ0n) is 9.36. The summed E-state index contributed by atoms with van der Waals surface area (Å²) < 4.78 is 31.0. The lowest BCUT2D eigenvalue weighted by Gasteiger charge is -2.24. The molecule has 1 saturated carbocycles. The number of likely N-dealkylation sites (tertiary alicyclic amines) is 1. The number of primary amides is 1. The van der Waals surface area contributed by atoms with Crippen molar-refractivity contribution >= 4 is 12.0 Å². The number of carbonyl (C=O) groups is 2. The van der Waals surface area contributed by atoms with Crippen molar-refractivity contribution in [2.75, 3.05) is 6.54 Å². The van der Waals surface area contributed by atoms with Gasteiger partial charge in [0.1, 0.15) is 6.04 Å². The van der Waals surface area contributed by atoms with Gasteiger partial charge in [0.05, 0.1) is 12.6 Å². The van der Waals surface area contributed by atoms with E-state index in [0.717, 1.165) is 4.90 Å². The molecule has 0 bridgehead atoms. The van der Waals surface area contributed by atoms with Crippen molar-refractivity contribution in [3.05, 3.63) is 0 Å². The van der Waals surface area contributed by atoms with Crippen LogP contribution in [0, 0.1) is 11.3 Å². The molecule has 18 heavy (non-hydrogen) atoms. The molecule has 2 N–H and O–H groups in total. The molecule has 8 heteroatoms. The summed E-state index contributed by atoms with van der Waals surface area (Å²) in [4.78, 5) is 23.5. The largest absolute Gasteiger partial charge is 0.433 e. The quantitative estimate of drug-likeness (QED) is 0.775. The number of amides is 2. The highest BCUT2D eigenvalue weighted by Gasteiger charge is 2.60. The molecule has 1 heterocycles. The summed E-state index contributed by atoms with van der Waals surface area (Å²) in [5.74, 6) is -3.84. The zero-order valence-corrected chi connectivity index (χ0v) is 9.36. The first-order chi connectivity index (χ1) is 8.30. The van der Waals surface area contributed by atoms with Gasteiger partial charge in [-0.15, -0.1) is 0 Å². The minimum Gasteiger partial charge on any atom is -0.433 e. The van der Waals surface area contributed by atoms with Crippen molar-refractivity contribution in [1.82, 2.24) is 4.90 Å². The summed E-state index contributed by atoms with van der Waals surface area (Å²) in [7, 11) is 0. The Bertz CT molecular complexity index is 442. The fourth-order valence-corrected chi connectivity index (χ4v) is 2.07. The molecule has 2 aliphatic rings. The molecular formula is C10H11F2N3O3. The van der Waals surface area contributed by atoms with Gasteiger partial charge in [-0.3, -0.25) is 4.79 Å². The van der Waals surface area contributed by atoms with E-state index in [1.807, 2.05) is 0 Å². The van der Waals surface area contributed by atoms with E-state index in [1.54, 1.807) is 6.07 Å². The summed E-state index contributed by atoms with van der Waals surface area (Å²) in [5.41, 5.74) is 3.40. The molecule has 1 atom stereocenters. The van der Waals surface area contributed by atoms with Crippen LogP contribution in [0.1, 0.15) is 19.3 Å². The minimum absolute atomic E-state index is 0.245. The van der Waals surface area contributed by atoms with Gasteiger partial charge in [-0.1, -0.05) is 0 Å². The van der Waals surface area contributed by atoms with E-state index in [1.165, 1.54) is 0 Å². The standard InChI is InChI=1S/C10H11F2N3O3/c11-10(12)3-6(4-13)15(5-10)7(16)9(1-2-9)18-8(14)17/h6H,1-3,5H2,(H2,14,17)/t6-/m0/s1. The van der Waals surface area contributed by atoms with E-state index in [2.05, 4.69) is 4.74 Å². The number of hydrogen-bond donors (Lipinski definition) is 1. The first-order valence-electron chi connectivity index (χ1n) is 5.37. The number of hydrogen-bond acceptors (Lipinski definition) is 4. The van der Waals surface area contributed by atoms with Crippen LogP contribution in [0.5, 0.6) is 0 Å². The van der Waals surface area contributed by atoms with Gasteiger partial charge in [0, 0.05) is 19.3 Å². The summed E-state index contributed by atoms with van der Waals surface area (Å²) in [5, 5.41) is 8.78. The predicted molar refractivity (Wildman–Crippen MR) is 53.3 cm³/mol. The maximum Gasteiger partial charge on any atom is 0.405 e. The predicted octanol–water partition coefficient (Wildman–Crippen LogP) is 0.374. The number of carbonyl (C=O) groups excluding carboxylic acids is 2. The average Bonchev–Trinajstić information content (AvgIpc) is 2.95. The Hall–Kier alpha value is -1.91. The highest BCUT2D eigenvalue weighted by atomic mass is 19.3. The van der Waals surface area contributed by atoms with Crippen LogP contribution in [0.15, 0.2) is 0 Å². The number of halogens is 2. The smallest absolute Gasteiger partial charge is 0.405 e. The first kappa shape index (κ1) is 12.5. The second kappa shape index (κ2) is 3.80. The van der Waals surface area contributed by atoms with Crippen molar-refractivity contribution in [1.29, 1.82) is 5.26 Å². The Morgan fingerprint density at radius 3 is 2.50 bits per heavy atom. The third kappa shape index (κ3) is 2.08. The molecule has 1 saturated heterocycles. The number of nitrogens with two attached hydrogens (primary N) is 1. The molecule has 0 aromatic rings. The molecule has 0 radical (unpaired) electrons. The molecule has 98 valence electrons. The Kier molecular flexibility index (Phi) is 2.65. The van der Waals surface area contributed by atoms with Gasteiger partial charge in [-0.25, -0.2) is 13.6 Å². The maximum absolute atomic E-state index is 13.2. The lowest BCUT2D eigenvalue weighted by atomic mass is 10.2. The van der Waals surface area contributed by atoms with E-state index in [-0.39, 0.29) is 12.8 Å². The second-order valence-corrected chi connectivity index (χ2v) is 4.55.